The number of rotatable bonds is 5. The summed E-state index contributed by atoms with van der Waals surface area (Å²) in [6, 6.07) is 8.51. The van der Waals surface area contributed by atoms with Gasteiger partial charge in [0.05, 0.1) is 5.69 Å². The molecule has 0 saturated carbocycles. The highest BCUT2D eigenvalue weighted by Crippen LogP contribution is 2.22. The van der Waals surface area contributed by atoms with Crippen LogP contribution in [0.1, 0.15) is 23.9 Å². The molecule has 0 spiro atoms. The first-order chi connectivity index (χ1) is 9.95. The van der Waals surface area contributed by atoms with Crippen molar-refractivity contribution in [3.05, 3.63) is 57.6 Å². The number of nitrogens with two attached hydrogens (primary N) is 1. The molecule has 2 aromatic rings. The van der Waals surface area contributed by atoms with Crippen LogP contribution in [0.25, 0.3) is 0 Å². The normalized spacial score (nSPS) is 12.2. The average molecular weight is 353 g/mol. The van der Waals surface area contributed by atoms with Crippen molar-refractivity contribution in [1.29, 1.82) is 0 Å². The van der Waals surface area contributed by atoms with Gasteiger partial charge in [0.1, 0.15) is 18.2 Å². The SMILES string of the molecule is Cc1ccc(OCc2cc(Br)ccc2F)c(CC(C)N)n1. The zero-order chi connectivity index (χ0) is 15.4. The zero-order valence-corrected chi connectivity index (χ0v) is 13.7. The molecule has 2 N–H and O–H groups in total. The van der Waals surface area contributed by atoms with Crippen LogP contribution in [0.15, 0.2) is 34.8 Å². The molecule has 112 valence electrons. The molecule has 0 radical (unpaired) electrons. The molecule has 1 unspecified atom stereocenters. The monoisotopic (exact) mass is 352 g/mol. The molecule has 2 rings (SSSR count). The van der Waals surface area contributed by atoms with Crippen LogP contribution in [-0.2, 0) is 13.0 Å². The van der Waals surface area contributed by atoms with E-state index in [0.29, 0.717) is 17.7 Å². The van der Waals surface area contributed by atoms with Crippen LogP contribution in [0.2, 0.25) is 0 Å². The largest absolute Gasteiger partial charge is 0.487 e. The Morgan fingerprint density at radius 3 is 2.81 bits per heavy atom. The Hall–Kier alpha value is -1.46. The second-order valence-corrected chi connectivity index (χ2v) is 6.02. The molecule has 0 fully saturated rings. The molecule has 5 heteroatoms. The lowest BCUT2D eigenvalue weighted by molar-refractivity contribution is 0.294. The zero-order valence-electron chi connectivity index (χ0n) is 12.1. The number of halogens is 2. The lowest BCUT2D eigenvalue weighted by atomic mass is 10.1. The van der Waals surface area contributed by atoms with E-state index in [-0.39, 0.29) is 18.5 Å². The molecule has 1 atom stereocenters. The van der Waals surface area contributed by atoms with Crippen LogP contribution in [0.4, 0.5) is 4.39 Å². The van der Waals surface area contributed by atoms with Crippen molar-refractivity contribution in [1.82, 2.24) is 4.98 Å². The maximum absolute atomic E-state index is 13.7. The van der Waals surface area contributed by atoms with Crippen molar-refractivity contribution in [3.8, 4) is 5.75 Å². The van der Waals surface area contributed by atoms with E-state index in [0.717, 1.165) is 15.9 Å². The molecule has 0 aliphatic heterocycles. The first kappa shape index (κ1) is 15.9. The summed E-state index contributed by atoms with van der Waals surface area (Å²) in [5, 5.41) is 0. The minimum absolute atomic E-state index is 0.00995. The quantitative estimate of drug-likeness (QED) is 0.890. The second kappa shape index (κ2) is 7.00. The summed E-state index contributed by atoms with van der Waals surface area (Å²) in [6.45, 7) is 3.99. The van der Waals surface area contributed by atoms with Gasteiger partial charge in [-0.25, -0.2) is 4.39 Å². The Labute approximate surface area is 132 Å². The van der Waals surface area contributed by atoms with Crippen LogP contribution in [-0.4, -0.2) is 11.0 Å². The van der Waals surface area contributed by atoms with Crippen molar-refractivity contribution in [2.24, 2.45) is 5.73 Å². The van der Waals surface area contributed by atoms with Crippen molar-refractivity contribution in [3.63, 3.8) is 0 Å². The molecule has 21 heavy (non-hydrogen) atoms. The first-order valence-electron chi connectivity index (χ1n) is 6.74. The lowest BCUT2D eigenvalue weighted by Crippen LogP contribution is -2.19. The smallest absolute Gasteiger partial charge is 0.141 e. The van der Waals surface area contributed by atoms with Gasteiger partial charge in [0.15, 0.2) is 0 Å². The fourth-order valence-electron chi connectivity index (χ4n) is 1.99. The van der Waals surface area contributed by atoms with Gasteiger partial charge in [-0.05, 0) is 44.2 Å². The molecule has 0 aliphatic rings. The predicted octanol–water partition coefficient (Wildman–Crippen LogP) is 3.76. The summed E-state index contributed by atoms with van der Waals surface area (Å²) in [6.07, 6.45) is 0.623. The average Bonchev–Trinajstić information content (AvgIpc) is 2.41. The summed E-state index contributed by atoms with van der Waals surface area (Å²) in [7, 11) is 0. The Morgan fingerprint density at radius 2 is 2.10 bits per heavy atom. The third kappa shape index (κ3) is 4.51. The number of benzene rings is 1. The second-order valence-electron chi connectivity index (χ2n) is 5.10. The van der Waals surface area contributed by atoms with E-state index in [1.165, 1.54) is 6.07 Å². The highest BCUT2D eigenvalue weighted by molar-refractivity contribution is 9.10. The molecular weight excluding hydrogens is 335 g/mol. The van der Waals surface area contributed by atoms with E-state index < -0.39 is 0 Å². The van der Waals surface area contributed by atoms with Crippen LogP contribution in [0, 0.1) is 12.7 Å². The Balaban J connectivity index is 2.17. The molecule has 1 heterocycles. The summed E-state index contributed by atoms with van der Waals surface area (Å²) in [4.78, 5) is 4.46. The van der Waals surface area contributed by atoms with Crippen LogP contribution in [0.3, 0.4) is 0 Å². The van der Waals surface area contributed by atoms with Crippen LogP contribution >= 0.6 is 15.9 Å². The van der Waals surface area contributed by atoms with E-state index in [4.69, 9.17) is 10.5 Å². The summed E-state index contributed by atoms with van der Waals surface area (Å²) >= 11 is 3.33. The van der Waals surface area contributed by atoms with E-state index >= 15 is 0 Å². The minimum atomic E-state index is -0.285. The van der Waals surface area contributed by atoms with Gasteiger partial charge >= 0.3 is 0 Å². The van der Waals surface area contributed by atoms with Gasteiger partial charge in [-0.3, -0.25) is 4.98 Å². The maximum atomic E-state index is 13.7. The van der Waals surface area contributed by atoms with E-state index in [2.05, 4.69) is 20.9 Å². The van der Waals surface area contributed by atoms with Crippen molar-refractivity contribution in [2.75, 3.05) is 0 Å². The minimum Gasteiger partial charge on any atom is -0.487 e. The van der Waals surface area contributed by atoms with Gasteiger partial charge in [-0.15, -0.1) is 0 Å². The number of aromatic nitrogens is 1. The Kier molecular flexibility index (Phi) is 5.31. The lowest BCUT2D eigenvalue weighted by Gasteiger charge is -2.13. The number of pyridine rings is 1. The van der Waals surface area contributed by atoms with E-state index in [1.54, 1.807) is 12.1 Å². The van der Waals surface area contributed by atoms with Gasteiger partial charge in [0, 0.05) is 28.2 Å². The first-order valence-corrected chi connectivity index (χ1v) is 7.54. The fraction of sp³-hybridized carbons (Fsp3) is 0.312. The molecular formula is C16H18BrFN2O. The van der Waals surface area contributed by atoms with Crippen LogP contribution in [0.5, 0.6) is 5.75 Å². The molecule has 0 bridgehead atoms. The van der Waals surface area contributed by atoms with Gasteiger partial charge < -0.3 is 10.5 Å². The molecule has 0 saturated heterocycles. The fourth-order valence-corrected chi connectivity index (χ4v) is 2.40. The Bertz CT molecular complexity index is 632. The molecule has 0 amide bonds. The Morgan fingerprint density at radius 1 is 1.33 bits per heavy atom. The maximum Gasteiger partial charge on any atom is 0.141 e. The topological polar surface area (TPSA) is 48.1 Å². The number of hydrogen-bond donors (Lipinski definition) is 1. The number of aryl methyl sites for hydroxylation is 1. The molecule has 1 aromatic carbocycles. The standard InChI is InChI=1S/C16H18BrFN2O/c1-10(19)7-15-16(6-3-11(2)20-15)21-9-12-8-13(17)4-5-14(12)18/h3-6,8,10H,7,9,19H2,1-2H3. The van der Waals surface area contributed by atoms with Crippen LogP contribution < -0.4 is 10.5 Å². The highest BCUT2D eigenvalue weighted by Gasteiger charge is 2.10. The van der Waals surface area contributed by atoms with Crippen molar-refractivity contribution >= 4 is 15.9 Å². The van der Waals surface area contributed by atoms with Crippen molar-refractivity contribution < 1.29 is 9.13 Å². The predicted molar refractivity (Wildman–Crippen MR) is 84.8 cm³/mol. The third-order valence-corrected chi connectivity index (χ3v) is 3.47. The third-order valence-electron chi connectivity index (χ3n) is 2.98. The van der Waals surface area contributed by atoms with Gasteiger partial charge in [0.25, 0.3) is 0 Å². The summed E-state index contributed by atoms with van der Waals surface area (Å²) < 4.78 is 20.3. The number of hydrogen-bond acceptors (Lipinski definition) is 3. The molecule has 3 nitrogen and oxygen atoms in total. The van der Waals surface area contributed by atoms with E-state index in [9.17, 15) is 4.39 Å². The summed E-state index contributed by atoms with van der Waals surface area (Å²) in [5.74, 6) is 0.365. The highest BCUT2D eigenvalue weighted by atomic mass is 79.9. The van der Waals surface area contributed by atoms with Crippen molar-refractivity contribution in [2.45, 2.75) is 32.9 Å². The molecule has 0 aliphatic carbocycles. The van der Waals surface area contributed by atoms with E-state index in [1.807, 2.05) is 26.0 Å². The number of nitrogens with zero attached hydrogens (tertiary/aromatic N) is 1. The van der Waals surface area contributed by atoms with Gasteiger partial charge in [-0.2, -0.15) is 0 Å². The number of ether oxygens (including phenoxy) is 1. The van der Waals surface area contributed by atoms with Gasteiger partial charge in [-0.1, -0.05) is 15.9 Å². The summed E-state index contributed by atoms with van der Waals surface area (Å²) in [5.41, 5.74) is 8.04. The van der Waals surface area contributed by atoms with Gasteiger partial charge in [0.2, 0.25) is 0 Å². The molecule has 1 aromatic heterocycles.